The van der Waals surface area contributed by atoms with E-state index >= 15 is 0 Å². The summed E-state index contributed by atoms with van der Waals surface area (Å²) in [4.78, 5) is 4.67. The van der Waals surface area contributed by atoms with E-state index < -0.39 is 10.8 Å². The zero-order valence-corrected chi connectivity index (χ0v) is 11.5. The first-order valence-corrected chi connectivity index (χ1v) is 7.14. The number of hydrogen-bond donors (Lipinski definition) is 0. The van der Waals surface area contributed by atoms with E-state index in [1.54, 1.807) is 19.4 Å². The molecule has 0 fully saturated rings. The van der Waals surface area contributed by atoms with Crippen LogP contribution in [0.15, 0.2) is 55.2 Å². The molecule has 0 N–H and O–H groups in total. The second-order valence-electron chi connectivity index (χ2n) is 3.99. The van der Waals surface area contributed by atoms with Crippen LogP contribution in [-0.2, 0) is 16.6 Å². The lowest BCUT2D eigenvalue weighted by molar-refractivity contribution is 0.398. The van der Waals surface area contributed by atoms with Gasteiger partial charge in [0.25, 0.3) is 0 Å². The van der Waals surface area contributed by atoms with Crippen LogP contribution in [0.4, 0.5) is 0 Å². The molecule has 0 saturated heterocycles. The highest BCUT2D eigenvalue weighted by Crippen LogP contribution is 2.20. The van der Waals surface area contributed by atoms with Crippen LogP contribution >= 0.6 is 0 Å². The molecule has 0 aliphatic heterocycles. The summed E-state index contributed by atoms with van der Waals surface area (Å²) in [7, 11) is 0.409. The van der Waals surface area contributed by atoms with E-state index in [2.05, 4.69) is 11.6 Å². The Morgan fingerprint density at radius 1 is 1.26 bits per heavy atom. The van der Waals surface area contributed by atoms with Gasteiger partial charge >= 0.3 is 0 Å². The molecule has 1 aromatic carbocycles. The zero-order valence-electron chi connectivity index (χ0n) is 10.7. The Morgan fingerprint density at radius 2 is 2.00 bits per heavy atom. The molecule has 4 heteroatoms. The molecule has 98 valence electrons. The maximum absolute atomic E-state index is 12.2. The smallest absolute Gasteiger partial charge is 0.212 e. The van der Waals surface area contributed by atoms with Crippen molar-refractivity contribution < 1.29 is 8.95 Å². The molecule has 0 aliphatic rings. The van der Waals surface area contributed by atoms with Crippen molar-refractivity contribution in [1.29, 1.82) is 0 Å². The van der Waals surface area contributed by atoms with Crippen molar-refractivity contribution in [2.75, 3.05) is 7.11 Å². The Labute approximate surface area is 115 Å². The predicted molar refractivity (Wildman–Crippen MR) is 78.1 cm³/mol. The lowest BCUT2D eigenvalue weighted by Crippen LogP contribution is -1.98. The lowest BCUT2D eigenvalue weighted by atomic mass is 10.2. The molecule has 19 heavy (non-hydrogen) atoms. The summed E-state index contributed by atoms with van der Waals surface area (Å²) in [6, 6.07) is 13.3. The third-order valence-corrected chi connectivity index (χ3v) is 4.06. The summed E-state index contributed by atoms with van der Waals surface area (Å²) >= 11 is 0. The SMILES string of the molecule is C=C(c1ccc(OC)nc1)[S@@](=O)Cc1ccccc1. The molecular formula is C15H15NO2S. The molecule has 0 bridgehead atoms. The van der Waals surface area contributed by atoms with E-state index in [-0.39, 0.29) is 0 Å². The number of benzene rings is 1. The maximum Gasteiger partial charge on any atom is 0.212 e. The second-order valence-corrected chi connectivity index (χ2v) is 5.46. The highest BCUT2D eigenvalue weighted by molar-refractivity contribution is 7.93. The molecule has 0 unspecified atom stereocenters. The molecule has 3 nitrogen and oxygen atoms in total. The van der Waals surface area contributed by atoms with Crippen LogP contribution in [0, 0.1) is 0 Å². The topological polar surface area (TPSA) is 39.2 Å². The number of hydrogen-bond acceptors (Lipinski definition) is 3. The van der Waals surface area contributed by atoms with Crippen LogP contribution in [-0.4, -0.2) is 16.3 Å². The average Bonchev–Trinajstić information content (AvgIpc) is 2.47. The molecule has 1 atom stereocenters. The summed E-state index contributed by atoms with van der Waals surface area (Å²) in [5, 5.41) is 0. The zero-order chi connectivity index (χ0) is 13.7. The molecule has 0 spiro atoms. The Balaban J connectivity index is 2.08. The fraction of sp³-hybridized carbons (Fsp3) is 0.133. The van der Waals surface area contributed by atoms with Gasteiger partial charge < -0.3 is 4.74 Å². The normalized spacial score (nSPS) is 11.8. The van der Waals surface area contributed by atoms with Gasteiger partial charge in [-0.3, -0.25) is 4.21 Å². The molecule has 2 aromatic rings. The number of pyridine rings is 1. The van der Waals surface area contributed by atoms with Crippen molar-refractivity contribution in [2.24, 2.45) is 0 Å². The number of ether oxygens (including phenoxy) is 1. The van der Waals surface area contributed by atoms with Gasteiger partial charge in [0, 0.05) is 22.7 Å². The molecule has 0 aliphatic carbocycles. The summed E-state index contributed by atoms with van der Waals surface area (Å²) in [5.74, 6) is 0.997. The summed E-state index contributed by atoms with van der Waals surface area (Å²) in [5.41, 5.74) is 1.80. The largest absolute Gasteiger partial charge is 0.481 e. The Kier molecular flexibility index (Phi) is 4.47. The highest BCUT2D eigenvalue weighted by atomic mass is 32.2. The average molecular weight is 273 g/mol. The standard InChI is InChI=1S/C15H15NO2S/c1-12(14-8-9-15(18-2)16-10-14)19(17)11-13-6-4-3-5-7-13/h3-10H,1,11H2,2H3/t19-/m0/s1. The summed E-state index contributed by atoms with van der Waals surface area (Å²) in [6.07, 6.45) is 1.63. The van der Waals surface area contributed by atoms with Gasteiger partial charge in [-0.1, -0.05) is 36.9 Å². The Morgan fingerprint density at radius 3 is 2.58 bits per heavy atom. The minimum atomic E-state index is -1.15. The molecule has 0 amide bonds. The Bertz CT molecular complexity index is 579. The van der Waals surface area contributed by atoms with Crippen LogP contribution in [0.3, 0.4) is 0 Å². The number of nitrogens with zero attached hydrogens (tertiary/aromatic N) is 1. The maximum atomic E-state index is 12.2. The van der Waals surface area contributed by atoms with Gasteiger partial charge in [-0.15, -0.1) is 0 Å². The molecule has 0 radical (unpaired) electrons. The molecule has 2 rings (SSSR count). The minimum Gasteiger partial charge on any atom is -0.481 e. The van der Waals surface area contributed by atoms with Gasteiger partial charge in [-0.2, -0.15) is 0 Å². The van der Waals surface area contributed by atoms with Crippen LogP contribution in [0.2, 0.25) is 0 Å². The number of aromatic nitrogens is 1. The lowest BCUT2D eigenvalue weighted by Gasteiger charge is -2.06. The van der Waals surface area contributed by atoms with Crippen molar-refractivity contribution in [3.8, 4) is 5.88 Å². The van der Waals surface area contributed by atoms with Crippen molar-refractivity contribution in [3.63, 3.8) is 0 Å². The fourth-order valence-electron chi connectivity index (χ4n) is 1.61. The van der Waals surface area contributed by atoms with Gasteiger partial charge in [-0.05, 0) is 11.6 Å². The van der Waals surface area contributed by atoms with Crippen molar-refractivity contribution in [3.05, 3.63) is 66.4 Å². The van der Waals surface area contributed by atoms with Gasteiger partial charge in [0.1, 0.15) is 0 Å². The predicted octanol–water partition coefficient (Wildman–Crippen LogP) is 3.01. The highest BCUT2D eigenvalue weighted by Gasteiger charge is 2.09. The first-order chi connectivity index (χ1) is 9.20. The quantitative estimate of drug-likeness (QED) is 0.840. The van der Waals surface area contributed by atoms with E-state index in [1.807, 2.05) is 36.4 Å². The third kappa shape index (κ3) is 3.51. The minimum absolute atomic E-state index is 0.464. The molecule has 1 aromatic heterocycles. The van der Waals surface area contributed by atoms with Gasteiger partial charge in [0.15, 0.2) is 0 Å². The fourth-order valence-corrected chi connectivity index (χ4v) is 2.66. The van der Waals surface area contributed by atoms with Crippen LogP contribution in [0.5, 0.6) is 5.88 Å². The molecule has 0 saturated carbocycles. The number of rotatable bonds is 5. The number of methoxy groups -OCH3 is 1. The summed E-state index contributed by atoms with van der Waals surface area (Å²) in [6.45, 7) is 3.90. The summed E-state index contributed by atoms with van der Waals surface area (Å²) < 4.78 is 17.2. The third-order valence-electron chi connectivity index (χ3n) is 2.68. The van der Waals surface area contributed by atoms with Gasteiger partial charge in [-0.25, -0.2) is 4.98 Å². The first-order valence-electron chi connectivity index (χ1n) is 5.82. The molecule has 1 heterocycles. The van der Waals surface area contributed by atoms with Crippen molar-refractivity contribution >= 4 is 15.7 Å². The van der Waals surface area contributed by atoms with Crippen LogP contribution in [0.25, 0.3) is 4.91 Å². The first kappa shape index (κ1) is 13.5. The molecular weight excluding hydrogens is 258 g/mol. The van der Waals surface area contributed by atoms with Crippen molar-refractivity contribution in [2.45, 2.75) is 5.75 Å². The van der Waals surface area contributed by atoms with E-state index in [9.17, 15) is 4.21 Å². The monoisotopic (exact) mass is 273 g/mol. The van der Waals surface area contributed by atoms with Crippen molar-refractivity contribution in [1.82, 2.24) is 4.98 Å². The van der Waals surface area contributed by atoms with Gasteiger partial charge in [0.2, 0.25) is 5.88 Å². The van der Waals surface area contributed by atoms with Crippen LogP contribution < -0.4 is 4.74 Å². The van der Waals surface area contributed by atoms with Crippen LogP contribution in [0.1, 0.15) is 11.1 Å². The van der Waals surface area contributed by atoms with E-state index in [1.165, 1.54) is 0 Å². The van der Waals surface area contributed by atoms with E-state index in [0.29, 0.717) is 16.5 Å². The van der Waals surface area contributed by atoms with E-state index in [4.69, 9.17) is 4.74 Å². The van der Waals surface area contributed by atoms with Gasteiger partial charge in [0.05, 0.1) is 23.7 Å². The second kappa shape index (κ2) is 6.29. The Hall–Kier alpha value is -1.94. The van der Waals surface area contributed by atoms with E-state index in [0.717, 1.165) is 11.1 Å².